The van der Waals surface area contributed by atoms with Gasteiger partial charge in [-0.1, -0.05) is 48.5 Å². The highest BCUT2D eigenvalue weighted by Crippen LogP contribution is 2.07. The molecule has 0 bridgehead atoms. The molecular weight excluding hydrogens is 220 g/mol. The van der Waals surface area contributed by atoms with E-state index in [1.54, 1.807) is 0 Å². The van der Waals surface area contributed by atoms with Crippen molar-refractivity contribution < 1.29 is 0 Å². The van der Waals surface area contributed by atoms with Crippen molar-refractivity contribution in [3.8, 4) is 0 Å². The van der Waals surface area contributed by atoms with Crippen molar-refractivity contribution >= 4 is 0 Å². The zero-order valence-electron chi connectivity index (χ0n) is 10.8. The third-order valence-corrected chi connectivity index (χ3v) is 3.16. The second kappa shape index (κ2) is 6.34. The lowest BCUT2D eigenvalue weighted by Crippen LogP contribution is -2.13. The summed E-state index contributed by atoms with van der Waals surface area (Å²) in [6.07, 6.45) is 0. The van der Waals surface area contributed by atoms with E-state index in [0.29, 0.717) is 6.54 Å². The van der Waals surface area contributed by atoms with Gasteiger partial charge in [0.15, 0.2) is 0 Å². The Morgan fingerprint density at radius 2 is 1.56 bits per heavy atom. The maximum Gasteiger partial charge on any atom is 0.0211 e. The number of rotatable bonds is 5. The first-order chi connectivity index (χ1) is 8.79. The quantitative estimate of drug-likeness (QED) is 0.843. The van der Waals surface area contributed by atoms with E-state index in [-0.39, 0.29) is 0 Å². The number of nitrogens with one attached hydrogen (secondary N) is 1. The van der Waals surface area contributed by atoms with Gasteiger partial charge in [-0.25, -0.2) is 0 Å². The van der Waals surface area contributed by atoms with Gasteiger partial charge in [0.05, 0.1) is 0 Å². The molecule has 18 heavy (non-hydrogen) atoms. The summed E-state index contributed by atoms with van der Waals surface area (Å²) in [5.41, 5.74) is 10.7. The van der Waals surface area contributed by atoms with Gasteiger partial charge in [0.2, 0.25) is 0 Å². The number of hydrogen-bond donors (Lipinski definition) is 2. The van der Waals surface area contributed by atoms with Crippen LogP contribution >= 0.6 is 0 Å². The summed E-state index contributed by atoms with van der Waals surface area (Å²) < 4.78 is 0. The van der Waals surface area contributed by atoms with Crippen LogP contribution in [0.15, 0.2) is 48.5 Å². The molecule has 0 radical (unpaired) electrons. The van der Waals surface area contributed by atoms with Gasteiger partial charge in [-0.05, 0) is 29.2 Å². The summed E-state index contributed by atoms with van der Waals surface area (Å²) in [4.78, 5) is 0. The minimum absolute atomic E-state index is 0.608. The van der Waals surface area contributed by atoms with E-state index >= 15 is 0 Å². The van der Waals surface area contributed by atoms with Crippen molar-refractivity contribution in [2.45, 2.75) is 26.6 Å². The maximum atomic E-state index is 5.58. The highest BCUT2D eigenvalue weighted by Gasteiger charge is 1.97. The molecule has 94 valence electrons. The fraction of sp³-hybridized carbons (Fsp3) is 0.250. The molecule has 2 heteroatoms. The molecule has 2 rings (SSSR count). The molecule has 0 aromatic heterocycles. The normalized spacial score (nSPS) is 10.6. The molecule has 0 aliphatic heterocycles. The van der Waals surface area contributed by atoms with E-state index in [2.05, 4.69) is 60.8 Å². The maximum absolute atomic E-state index is 5.58. The Morgan fingerprint density at radius 3 is 2.22 bits per heavy atom. The monoisotopic (exact) mass is 240 g/mol. The lowest BCUT2D eigenvalue weighted by Gasteiger charge is -2.08. The SMILES string of the molecule is Cc1ccccc1CNCc1ccc(CN)cc1. The van der Waals surface area contributed by atoms with Crippen LogP contribution in [0.3, 0.4) is 0 Å². The third-order valence-electron chi connectivity index (χ3n) is 3.16. The van der Waals surface area contributed by atoms with Gasteiger partial charge in [0.1, 0.15) is 0 Å². The molecule has 2 aromatic carbocycles. The summed E-state index contributed by atoms with van der Waals surface area (Å²) >= 11 is 0. The zero-order chi connectivity index (χ0) is 12.8. The molecule has 0 aliphatic carbocycles. The van der Waals surface area contributed by atoms with Crippen molar-refractivity contribution in [1.82, 2.24) is 5.32 Å². The van der Waals surface area contributed by atoms with E-state index in [0.717, 1.165) is 13.1 Å². The minimum Gasteiger partial charge on any atom is -0.326 e. The molecule has 0 amide bonds. The standard InChI is InChI=1S/C16H20N2/c1-13-4-2-3-5-16(13)12-18-11-15-8-6-14(10-17)7-9-15/h2-9,18H,10-12,17H2,1H3. The molecule has 0 saturated heterocycles. The molecule has 0 unspecified atom stereocenters. The first-order valence-electron chi connectivity index (χ1n) is 6.32. The minimum atomic E-state index is 0.608. The smallest absolute Gasteiger partial charge is 0.0211 e. The molecule has 0 spiro atoms. The Hall–Kier alpha value is -1.64. The molecule has 0 atom stereocenters. The van der Waals surface area contributed by atoms with Crippen LogP contribution in [0.5, 0.6) is 0 Å². The van der Waals surface area contributed by atoms with Gasteiger partial charge in [-0.15, -0.1) is 0 Å². The number of aryl methyl sites for hydroxylation is 1. The second-order valence-electron chi connectivity index (χ2n) is 4.55. The summed E-state index contributed by atoms with van der Waals surface area (Å²) in [5.74, 6) is 0. The number of nitrogens with two attached hydrogens (primary N) is 1. The average molecular weight is 240 g/mol. The van der Waals surface area contributed by atoms with Gasteiger partial charge in [-0.2, -0.15) is 0 Å². The van der Waals surface area contributed by atoms with Crippen LogP contribution < -0.4 is 11.1 Å². The Kier molecular flexibility index (Phi) is 4.51. The highest BCUT2D eigenvalue weighted by molar-refractivity contribution is 5.26. The van der Waals surface area contributed by atoms with E-state index in [1.165, 1.54) is 22.3 Å². The largest absolute Gasteiger partial charge is 0.326 e. The fourth-order valence-corrected chi connectivity index (χ4v) is 1.94. The second-order valence-corrected chi connectivity index (χ2v) is 4.55. The van der Waals surface area contributed by atoms with Gasteiger partial charge >= 0.3 is 0 Å². The molecule has 0 saturated carbocycles. The van der Waals surface area contributed by atoms with Crippen LogP contribution in [0.4, 0.5) is 0 Å². The van der Waals surface area contributed by atoms with Crippen molar-refractivity contribution in [2.24, 2.45) is 5.73 Å². The highest BCUT2D eigenvalue weighted by atomic mass is 14.8. The van der Waals surface area contributed by atoms with Crippen LogP contribution in [0, 0.1) is 6.92 Å². The van der Waals surface area contributed by atoms with Gasteiger partial charge in [0, 0.05) is 19.6 Å². The topological polar surface area (TPSA) is 38.0 Å². The first-order valence-corrected chi connectivity index (χ1v) is 6.32. The zero-order valence-corrected chi connectivity index (χ0v) is 10.8. The summed E-state index contributed by atoms with van der Waals surface area (Å²) in [7, 11) is 0. The van der Waals surface area contributed by atoms with E-state index in [9.17, 15) is 0 Å². The van der Waals surface area contributed by atoms with Crippen LogP contribution in [0.25, 0.3) is 0 Å². The summed E-state index contributed by atoms with van der Waals surface area (Å²) in [5, 5.41) is 3.47. The van der Waals surface area contributed by atoms with Gasteiger partial charge in [0.25, 0.3) is 0 Å². The van der Waals surface area contributed by atoms with Crippen LogP contribution in [-0.4, -0.2) is 0 Å². The van der Waals surface area contributed by atoms with E-state index < -0.39 is 0 Å². The van der Waals surface area contributed by atoms with Crippen molar-refractivity contribution in [2.75, 3.05) is 0 Å². The Labute approximate surface area is 109 Å². The van der Waals surface area contributed by atoms with Gasteiger partial charge in [-0.3, -0.25) is 0 Å². The molecule has 0 heterocycles. The number of hydrogen-bond acceptors (Lipinski definition) is 2. The molecule has 2 aromatic rings. The molecule has 0 aliphatic rings. The predicted molar refractivity (Wildman–Crippen MR) is 76.1 cm³/mol. The Morgan fingerprint density at radius 1 is 0.889 bits per heavy atom. The molecular formula is C16H20N2. The summed E-state index contributed by atoms with van der Waals surface area (Å²) in [6, 6.07) is 16.9. The lowest BCUT2D eigenvalue weighted by molar-refractivity contribution is 0.690. The van der Waals surface area contributed by atoms with E-state index in [1.807, 2.05) is 0 Å². The van der Waals surface area contributed by atoms with Crippen LogP contribution in [0.1, 0.15) is 22.3 Å². The Balaban J connectivity index is 1.86. The lowest BCUT2D eigenvalue weighted by atomic mass is 10.1. The predicted octanol–water partition coefficient (Wildman–Crippen LogP) is 2.74. The van der Waals surface area contributed by atoms with Crippen molar-refractivity contribution in [3.05, 3.63) is 70.8 Å². The van der Waals surface area contributed by atoms with Gasteiger partial charge < -0.3 is 11.1 Å². The van der Waals surface area contributed by atoms with Crippen molar-refractivity contribution in [3.63, 3.8) is 0 Å². The Bertz CT molecular complexity index is 489. The average Bonchev–Trinajstić information content (AvgIpc) is 2.42. The molecule has 3 N–H and O–H groups in total. The number of benzene rings is 2. The van der Waals surface area contributed by atoms with E-state index in [4.69, 9.17) is 5.73 Å². The summed E-state index contributed by atoms with van der Waals surface area (Å²) in [6.45, 7) is 4.55. The fourth-order valence-electron chi connectivity index (χ4n) is 1.94. The molecule has 2 nitrogen and oxygen atoms in total. The third kappa shape index (κ3) is 3.42. The van der Waals surface area contributed by atoms with Crippen LogP contribution in [0.2, 0.25) is 0 Å². The van der Waals surface area contributed by atoms with Crippen molar-refractivity contribution in [1.29, 1.82) is 0 Å². The molecule has 0 fully saturated rings. The van der Waals surface area contributed by atoms with Crippen LogP contribution in [-0.2, 0) is 19.6 Å². The first kappa shape index (κ1) is 12.8.